The van der Waals surface area contributed by atoms with Gasteiger partial charge in [0.05, 0.1) is 5.69 Å². The number of hydrogen-bond acceptors (Lipinski definition) is 3. The molecule has 27 heavy (non-hydrogen) atoms. The van der Waals surface area contributed by atoms with E-state index in [9.17, 15) is 14.0 Å². The van der Waals surface area contributed by atoms with Crippen LogP contribution >= 0.6 is 12.4 Å². The summed E-state index contributed by atoms with van der Waals surface area (Å²) in [6.07, 6.45) is 6.15. The number of fused-ring (bicyclic) bond motifs is 1. The summed E-state index contributed by atoms with van der Waals surface area (Å²) in [5, 5.41) is 5.97. The molecule has 0 radical (unpaired) electrons. The number of anilines is 1. The molecule has 1 aliphatic carbocycles. The summed E-state index contributed by atoms with van der Waals surface area (Å²) >= 11 is 0. The maximum atomic E-state index is 14.8. The zero-order valence-electron chi connectivity index (χ0n) is 15.4. The molecule has 5 nitrogen and oxygen atoms in total. The molecule has 3 aliphatic rings. The van der Waals surface area contributed by atoms with Crippen LogP contribution in [0.1, 0.15) is 49.7 Å². The van der Waals surface area contributed by atoms with Gasteiger partial charge in [-0.15, -0.1) is 12.4 Å². The van der Waals surface area contributed by atoms with Crippen molar-refractivity contribution in [3.63, 3.8) is 0 Å². The molecule has 2 amide bonds. The van der Waals surface area contributed by atoms with E-state index < -0.39 is 6.04 Å². The molecule has 0 bridgehead atoms. The lowest BCUT2D eigenvalue weighted by molar-refractivity contribution is -0.140. The molecule has 7 heteroatoms. The van der Waals surface area contributed by atoms with Crippen LogP contribution in [0.4, 0.5) is 10.1 Å². The topological polar surface area (TPSA) is 61.4 Å². The van der Waals surface area contributed by atoms with Gasteiger partial charge < -0.3 is 15.5 Å². The molecule has 2 heterocycles. The van der Waals surface area contributed by atoms with Gasteiger partial charge in [-0.05, 0) is 55.8 Å². The molecule has 148 valence electrons. The predicted octanol–water partition coefficient (Wildman–Crippen LogP) is 3.01. The van der Waals surface area contributed by atoms with E-state index in [1.807, 2.05) is 6.07 Å². The Balaban J connectivity index is 0.00000210. The van der Waals surface area contributed by atoms with Gasteiger partial charge in [0.1, 0.15) is 11.9 Å². The third kappa shape index (κ3) is 3.97. The van der Waals surface area contributed by atoms with Crippen LogP contribution in [0.25, 0.3) is 0 Å². The number of halogens is 2. The summed E-state index contributed by atoms with van der Waals surface area (Å²) in [7, 11) is 0. The zero-order valence-corrected chi connectivity index (χ0v) is 16.2. The van der Waals surface area contributed by atoms with Crippen molar-refractivity contribution < 1.29 is 14.0 Å². The first-order chi connectivity index (χ1) is 12.6. The lowest BCUT2D eigenvalue weighted by atomic mass is 9.99. The van der Waals surface area contributed by atoms with E-state index in [4.69, 9.17) is 0 Å². The van der Waals surface area contributed by atoms with Gasteiger partial charge in [0.15, 0.2) is 0 Å². The molecule has 2 aliphatic heterocycles. The highest BCUT2D eigenvalue weighted by molar-refractivity contribution is 5.98. The Morgan fingerprint density at radius 3 is 2.70 bits per heavy atom. The van der Waals surface area contributed by atoms with Gasteiger partial charge in [0.2, 0.25) is 11.8 Å². The number of carbonyl (C=O) groups is 2. The standard InChI is InChI=1S/C20H26FN3O2.ClH/c21-18-15-9-10-22-12-14(15)7-8-16(18)23-19(25)17-6-3-11-24(17)20(26)13-4-1-2-5-13;/h7-8,13,17,22H,1-6,9-12H2,(H,23,25);1H. The normalized spacial score (nSPS) is 22.3. The minimum atomic E-state index is -0.472. The monoisotopic (exact) mass is 395 g/mol. The van der Waals surface area contributed by atoms with Crippen LogP contribution in [0.2, 0.25) is 0 Å². The molecule has 1 saturated heterocycles. The summed E-state index contributed by atoms with van der Waals surface area (Å²) in [6, 6.07) is 3.04. The number of nitrogens with zero attached hydrogens (tertiary/aromatic N) is 1. The zero-order chi connectivity index (χ0) is 18.1. The van der Waals surface area contributed by atoms with E-state index in [1.165, 1.54) is 0 Å². The Hall–Kier alpha value is -1.66. The first-order valence-corrected chi connectivity index (χ1v) is 9.77. The van der Waals surface area contributed by atoms with Crippen molar-refractivity contribution >= 4 is 29.9 Å². The molecular formula is C20H27ClFN3O2. The summed E-state index contributed by atoms with van der Waals surface area (Å²) in [4.78, 5) is 27.2. The molecule has 1 unspecified atom stereocenters. The minimum Gasteiger partial charge on any atom is -0.330 e. The molecule has 1 saturated carbocycles. The second kappa shape index (κ2) is 8.57. The van der Waals surface area contributed by atoms with Crippen molar-refractivity contribution in [3.05, 3.63) is 29.1 Å². The van der Waals surface area contributed by atoms with Gasteiger partial charge in [0, 0.05) is 19.0 Å². The van der Waals surface area contributed by atoms with E-state index in [0.29, 0.717) is 31.5 Å². The minimum absolute atomic E-state index is 0. The highest BCUT2D eigenvalue weighted by Crippen LogP contribution is 2.31. The SMILES string of the molecule is Cl.O=C(Nc1ccc2c(c1F)CCNC2)C1CCCN1C(=O)C1CCCC1. The first-order valence-electron chi connectivity index (χ1n) is 9.77. The van der Waals surface area contributed by atoms with Crippen molar-refractivity contribution in [1.29, 1.82) is 0 Å². The summed E-state index contributed by atoms with van der Waals surface area (Å²) < 4.78 is 14.8. The Morgan fingerprint density at radius 2 is 1.93 bits per heavy atom. The van der Waals surface area contributed by atoms with Gasteiger partial charge in [-0.1, -0.05) is 18.9 Å². The maximum Gasteiger partial charge on any atom is 0.247 e. The van der Waals surface area contributed by atoms with E-state index in [-0.39, 0.29) is 41.6 Å². The van der Waals surface area contributed by atoms with Crippen LogP contribution in [0, 0.1) is 11.7 Å². The Morgan fingerprint density at radius 1 is 1.15 bits per heavy atom. The molecule has 0 spiro atoms. The number of likely N-dealkylation sites (tertiary alicyclic amines) is 1. The molecule has 4 rings (SSSR count). The fraction of sp³-hybridized carbons (Fsp3) is 0.600. The molecule has 0 aromatic heterocycles. The second-order valence-corrected chi connectivity index (χ2v) is 7.65. The number of amides is 2. The van der Waals surface area contributed by atoms with Crippen molar-refractivity contribution in [2.75, 3.05) is 18.4 Å². The molecular weight excluding hydrogens is 369 g/mol. The van der Waals surface area contributed by atoms with Crippen LogP contribution in [0.5, 0.6) is 0 Å². The third-order valence-electron chi connectivity index (χ3n) is 6.01. The Bertz CT molecular complexity index is 721. The fourth-order valence-electron chi connectivity index (χ4n) is 4.56. The van der Waals surface area contributed by atoms with Crippen LogP contribution in [-0.2, 0) is 22.6 Å². The maximum absolute atomic E-state index is 14.8. The van der Waals surface area contributed by atoms with Gasteiger partial charge in [-0.2, -0.15) is 0 Å². The summed E-state index contributed by atoms with van der Waals surface area (Å²) in [5.74, 6) is -0.417. The predicted molar refractivity (Wildman–Crippen MR) is 104 cm³/mol. The summed E-state index contributed by atoms with van der Waals surface area (Å²) in [6.45, 7) is 2.03. The highest BCUT2D eigenvalue weighted by Gasteiger charge is 2.38. The largest absolute Gasteiger partial charge is 0.330 e. The van der Waals surface area contributed by atoms with E-state index in [2.05, 4.69) is 10.6 Å². The smallest absolute Gasteiger partial charge is 0.247 e. The van der Waals surface area contributed by atoms with Crippen molar-refractivity contribution in [1.82, 2.24) is 10.2 Å². The number of benzene rings is 1. The van der Waals surface area contributed by atoms with Crippen LogP contribution in [-0.4, -0.2) is 35.8 Å². The van der Waals surface area contributed by atoms with E-state index in [1.54, 1.807) is 11.0 Å². The first kappa shape index (κ1) is 20.1. The van der Waals surface area contributed by atoms with E-state index >= 15 is 0 Å². The van der Waals surface area contributed by atoms with Crippen LogP contribution in [0.15, 0.2) is 12.1 Å². The molecule has 1 aromatic carbocycles. The van der Waals surface area contributed by atoms with Gasteiger partial charge in [-0.3, -0.25) is 9.59 Å². The van der Waals surface area contributed by atoms with Crippen LogP contribution < -0.4 is 10.6 Å². The highest BCUT2D eigenvalue weighted by atomic mass is 35.5. The van der Waals surface area contributed by atoms with Gasteiger partial charge in [0.25, 0.3) is 0 Å². The third-order valence-corrected chi connectivity index (χ3v) is 6.01. The number of nitrogens with one attached hydrogen (secondary N) is 2. The number of carbonyl (C=O) groups excluding carboxylic acids is 2. The second-order valence-electron chi connectivity index (χ2n) is 7.65. The molecule has 1 aromatic rings. The van der Waals surface area contributed by atoms with E-state index in [0.717, 1.165) is 44.2 Å². The van der Waals surface area contributed by atoms with Crippen LogP contribution in [0.3, 0.4) is 0 Å². The van der Waals surface area contributed by atoms with Crippen molar-refractivity contribution in [2.45, 2.75) is 57.5 Å². The quantitative estimate of drug-likeness (QED) is 0.827. The summed E-state index contributed by atoms with van der Waals surface area (Å²) in [5.41, 5.74) is 1.87. The Labute approximate surface area is 165 Å². The average Bonchev–Trinajstić information content (AvgIpc) is 3.35. The Kier molecular flexibility index (Phi) is 6.37. The van der Waals surface area contributed by atoms with Gasteiger partial charge >= 0.3 is 0 Å². The van der Waals surface area contributed by atoms with Gasteiger partial charge in [-0.25, -0.2) is 4.39 Å². The fourth-order valence-corrected chi connectivity index (χ4v) is 4.56. The lowest BCUT2D eigenvalue weighted by Gasteiger charge is -2.27. The number of hydrogen-bond donors (Lipinski definition) is 2. The average molecular weight is 396 g/mol. The van der Waals surface area contributed by atoms with Crippen molar-refractivity contribution in [2.24, 2.45) is 5.92 Å². The molecule has 2 fully saturated rings. The van der Waals surface area contributed by atoms with Crippen molar-refractivity contribution in [3.8, 4) is 0 Å². The number of rotatable bonds is 3. The molecule has 1 atom stereocenters. The lowest BCUT2D eigenvalue weighted by Crippen LogP contribution is -2.45. The molecule has 2 N–H and O–H groups in total.